The second-order valence-electron chi connectivity index (χ2n) is 3.37. The highest BCUT2D eigenvalue weighted by molar-refractivity contribution is 5.66. The van der Waals surface area contributed by atoms with Gasteiger partial charge in [0.1, 0.15) is 12.4 Å². The minimum absolute atomic E-state index is 0.399. The van der Waals surface area contributed by atoms with Gasteiger partial charge in [0, 0.05) is 0 Å². The molecule has 0 saturated heterocycles. The predicted octanol–water partition coefficient (Wildman–Crippen LogP) is 0.741. The van der Waals surface area contributed by atoms with Gasteiger partial charge < -0.3 is 14.6 Å². The fourth-order valence-electron chi connectivity index (χ4n) is 1.29. The lowest BCUT2D eigenvalue weighted by atomic mass is 10.1. The number of carboxylic acids is 1. The molecule has 0 heterocycles. The van der Waals surface area contributed by atoms with Gasteiger partial charge in [0.25, 0.3) is 0 Å². The first-order chi connectivity index (χ1) is 6.50. The van der Waals surface area contributed by atoms with E-state index in [0.29, 0.717) is 5.75 Å². The van der Waals surface area contributed by atoms with Crippen molar-refractivity contribution in [2.45, 2.75) is 20.8 Å². The van der Waals surface area contributed by atoms with E-state index in [1.165, 1.54) is 0 Å². The molecule has 14 heavy (non-hydrogen) atoms. The summed E-state index contributed by atoms with van der Waals surface area (Å²) in [6, 6.07) is 3.85. The molecule has 0 N–H and O–H groups in total. The molecule has 0 unspecified atom stereocenters. The Kier molecular flexibility index (Phi) is 3.12. The number of carbonyl (C=O) groups excluding carboxylic acids is 1. The molecule has 76 valence electrons. The average Bonchev–Trinajstić information content (AvgIpc) is 2.08. The summed E-state index contributed by atoms with van der Waals surface area (Å²) in [6.07, 6.45) is 0. The van der Waals surface area contributed by atoms with Crippen LogP contribution in [0.15, 0.2) is 12.1 Å². The summed E-state index contributed by atoms with van der Waals surface area (Å²) < 4.78 is 5.10. The number of aliphatic carboxylic acids is 1. The molecule has 0 fully saturated rings. The van der Waals surface area contributed by atoms with Crippen molar-refractivity contribution in [2.75, 3.05) is 6.61 Å². The molecule has 0 aliphatic carbocycles. The van der Waals surface area contributed by atoms with Crippen LogP contribution in [0.25, 0.3) is 0 Å². The van der Waals surface area contributed by atoms with E-state index < -0.39 is 12.6 Å². The standard InChI is InChI=1S/C11H14O3/c1-7-4-8(2)9(3)10(5-7)14-6-11(12)13/h4-5H,6H2,1-3H3,(H,12,13)/p-1. The van der Waals surface area contributed by atoms with Crippen molar-refractivity contribution in [2.24, 2.45) is 0 Å². The topological polar surface area (TPSA) is 49.4 Å². The van der Waals surface area contributed by atoms with Gasteiger partial charge in [0.05, 0.1) is 5.97 Å². The molecule has 3 nitrogen and oxygen atoms in total. The van der Waals surface area contributed by atoms with E-state index in [4.69, 9.17) is 4.74 Å². The smallest absolute Gasteiger partial charge is 0.128 e. The first-order valence-corrected chi connectivity index (χ1v) is 4.41. The van der Waals surface area contributed by atoms with Gasteiger partial charge in [-0.25, -0.2) is 0 Å². The number of rotatable bonds is 3. The second-order valence-corrected chi connectivity index (χ2v) is 3.37. The average molecular weight is 193 g/mol. The summed E-state index contributed by atoms with van der Waals surface area (Å²) in [5.74, 6) is -0.588. The van der Waals surface area contributed by atoms with Crippen LogP contribution >= 0.6 is 0 Å². The fraction of sp³-hybridized carbons (Fsp3) is 0.364. The normalized spacial score (nSPS) is 9.93. The number of hydrogen-bond acceptors (Lipinski definition) is 3. The minimum Gasteiger partial charge on any atom is -0.546 e. The first-order valence-electron chi connectivity index (χ1n) is 4.41. The van der Waals surface area contributed by atoms with Crippen LogP contribution in [0.5, 0.6) is 5.75 Å². The van der Waals surface area contributed by atoms with E-state index in [1.54, 1.807) is 0 Å². The Balaban J connectivity index is 2.90. The number of carboxylic acid groups (broad SMARTS) is 1. The number of benzene rings is 1. The zero-order chi connectivity index (χ0) is 10.7. The summed E-state index contributed by atoms with van der Waals surface area (Å²) in [5, 5.41) is 10.2. The highest BCUT2D eigenvalue weighted by atomic mass is 16.5. The maximum Gasteiger partial charge on any atom is 0.128 e. The van der Waals surface area contributed by atoms with E-state index in [2.05, 4.69) is 0 Å². The summed E-state index contributed by atoms with van der Waals surface area (Å²) in [5.41, 5.74) is 3.12. The second kappa shape index (κ2) is 4.13. The van der Waals surface area contributed by atoms with Crippen molar-refractivity contribution < 1.29 is 14.6 Å². The molecule has 0 radical (unpaired) electrons. The lowest BCUT2D eigenvalue weighted by Crippen LogP contribution is -2.29. The Morgan fingerprint density at radius 2 is 2.00 bits per heavy atom. The molecular formula is C11H13O3-. The summed E-state index contributed by atoms with van der Waals surface area (Å²) in [7, 11) is 0. The quantitative estimate of drug-likeness (QED) is 0.711. The fourth-order valence-corrected chi connectivity index (χ4v) is 1.29. The van der Waals surface area contributed by atoms with Crippen molar-refractivity contribution >= 4 is 5.97 Å². The molecule has 1 aromatic rings. The molecule has 0 aliphatic heterocycles. The summed E-state index contributed by atoms with van der Waals surface area (Å²) in [4.78, 5) is 10.2. The van der Waals surface area contributed by atoms with Crippen LogP contribution in [0.2, 0.25) is 0 Å². The Morgan fingerprint density at radius 3 is 2.57 bits per heavy atom. The lowest BCUT2D eigenvalue weighted by Gasteiger charge is -2.12. The summed E-state index contributed by atoms with van der Waals surface area (Å²) >= 11 is 0. The highest BCUT2D eigenvalue weighted by Gasteiger charge is 2.03. The molecule has 0 amide bonds. The van der Waals surface area contributed by atoms with Crippen LogP contribution in [-0.4, -0.2) is 12.6 Å². The number of carbonyl (C=O) groups is 1. The van der Waals surface area contributed by atoms with Gasteiger partial charge in [-0.2, -0.15) is 0 Å². The third kappa shape index (κ3) is 2.49. The van der Waals surface area contributed by atoms with Gasteiger partial charge in [-0.05, 0) is 43.5 Å². The van der Waals surface area contributed by atoms with E-state index in [-0.39, 0.29) is 0 Å². The van der Waals surface area contributed by atoms with Gasteiger partial charge >= 0.3 is 0 Å². The van der Waals surface area contributed by atoms with Crippen LogP contribution in [0.1, 0.15) is 16.7 Å². The van der Waals surface area contributed by atoms with Gasteiger partial charge in [0.2, 0.25) is 0 Å². The Bertz CT molecular complexity index is 356. The Morgan fingerprint density at radius 1 is 1.36 bits per heavy atom. The molecule has 0 aliphatic rings. The van der Waals surface area contributed by atoms with Crippen LogP contribution in [0, 0.1) is 20.8 Å². The van der Waals surface area contributed by atoms with Gasteiger partial charge in [0.15, 0.2) is 0 Å². The van der Waals surface area contributed by atoms with Crippen molar-refractivity contribution in [3.05, 3.63) is 28.8 Å². The third-order valence-electron chi connectivity index (χ3n) is 2.11. The monoisotopic (exact) mass is 193 g/mol. The van der Waals surface area contributed by atoms with Crippen molar-refractivity contribution in [1.29, 1.82) is 0 Å². The zero-order valence-corrected chi connectivity index (χ0v) is 8.59. The van der Waals surface area contributed by atoms with Crippen molar-refractivity contribution in [3.8, 4) is 5.75 Å². The lowest BCUT2D eigenvalue weighted by molar-refractivity contribution is -0.307. The molecule has 0 aromatic heterocycles. The number of ether oxygens (including phenoxy) is 1. The Labute approximate surface area is 83.3 Å². The molecular weight excluding hydrogens is 180 g/mol. The van der Waals surface area contributed by atoms with E-state index in [0.717, 1.165) is 16.7 Å². The predicted molar refractivity (Wildman–Crippen MR) is 51.2 cm³/mol. The molecule has 3 heteroatoms. The Hall–Kier alpha value is -1.51. The van der Waals surface area contributed by atoms with E-state index in [9.17, 15) is 9.90 Å². The van der Waals surface area contributed by atoms with Gasteiger partial charge in [-0.3, -0.25) is 0 Å². The summed E-state index contributed by atoms with van der Waals surface area (Å²) in [6.45, 7) is 5.41. The van der Waals surface area contributed by atoms with Crippen LogP contribution in [0.4, 0.5) is 0 Å². The molecule has 1 aromatic carbocycles. The third-order valence-corrected chi connectivity index (χ3v) is 2.11. The van der Waals surface area contributed by atoms with Gasteiger partial charge in [-0.15, -0.1) is 0 Å². The molecule has 0 saturated carbocycles. The van der Waals surface area contributed by atoms with Gasteiger partial charge in [-0.1, -0.05) is 6.07 Å². The molecule has 1 rings (SSSR count). The number of hydrogen-bond donors (Lipinski definition) is 0. The minimum atomic E-state index is -1.21. The largest absolute Gasteiger partial charge is 0.546 e. The van der Waals surface area contributed by atoms with Crippen molar-refractivity contribution in [1.82, 2.24) is 0 Å². The maximum atomic E-state index is 10.2. The van der Waals surface area contributed by atoms with E-state index in [1.807, 2.05) is 32.9 Å². The molecule has 0 atom stereocenters. The first kappa shape index (κ1) is 10.6. The van der Waals surface area contributed by atoms with Crippen LogP contribution in [0.3, 0.4) is 0 Å². The molecule has 0 bridgehead atoms. The number of aryl methyl sites for hydroxylation is 2. The highest BCUT2D eigenvalue weighted by Crippen LogP contribution is 2.22. The zero-order valence-electron chi connectivity index (χ0n) is 8.59. The van der Waals surface area contributed by atoms with Crippen molar-refractivity contribution in [3.63, 3.8) is 0 Å². The molecule has 0 spiro atoms. The van der Waals surface area contributed by atoms with E-state index >= 15 is 0 Å². The van der Waals surface area contributed by atoms with Crippen LogP contribution < -0.4 is 9.84 Å². The van der Waals surface area contributed by atoms with Crippen LogP contribution in [-0.2, 0) is 4.79 Å². The SMILES string of the molecule is Cc1cc(C)c(C)c(OCC(=O)[O-])c1. The maximum absolute atomic E-state index is 10.2.